The number of amides is 1. The number of benzene rings is 1. The van der Waals surface area contributed by atoms with E-state index in [1.165, 1.54) is 0 Å². The fourth-order valence-corrected chi connectivity index (χ4v) is 1.96. The van der Waals surface area contributed by atoms with Crippen molar-refractivity contribution in [3.8, 4) is 0 Å². The molecule has 1 aromatic carbocycles. The standard InChI is InChI=1S/C12H12F3NO3/c13-7-3-9(14)11(10(15)4-7)12(18)16-1-2-19-6-8(16)5-17/h3-4,8,17H,1-2,5-6H2. The summed E-state index contributed by atoms with van der Waals surface area (Å²) in [5, 5.41) is 9.12. The minimum absolute atomic E-state index is 0.0900. The predicted molar refractivity (Wildman–Crippen MR) is 59.0 cm³/mol. The number of morpholine rings is 1. The summed E-state index contributed by atoms with van der Waals surface area (Å²) in [6, 6.07) is 0.236. The van der Waals surface area contributed by atoms with Crippen LogP contribution < -0.4 is 0 Å². The van der Waals surface area contributed by atoms with Gasteiger partial charge in [-0.1, -0.05) is 0 Å². The van der Waals surface area contributed by atoms with Gasteiger partial charge in [0.05, 0.1) is 25.9 Å². The van der Waals surface area contributed by atoms with Crippen LogP contribution in [0.2, 0.25) is 0 Å². The maximum absolute atomic E-state index is 13.5. The van der Waals surface area contributed by atoms with E-state index in [4.69, 9.17) is 9.84 Å². The van der Waals surface area contributed by atoms with Crippen LogP contribution in [0.4, 0.5) is 13.2 Å². The summed E-state index contributed by atoms with van der Waals surface area (Å²) in [5.74, 6) is -4.53. The van der Waals surface area contributed by atoms with Crippen molar-refractivity contribution in [1.82, 2.24) is 4.90 Å². The Labute approximate surface area is 107 Å². The molecule has 1 aliphatic heterocycles. The second-order valence-corrected chi connectivity index (χ2v) is 4.15. The summed E-state index contributed by atoms with van der Waals surface area (Å²) in [7, 11) is 0. The molecule has 1 heterocycles. The van der Waals surface area contributed by atoms with E-state index in [0.29, 0.717) is 12.1 Å². The highest BCUT2D eigenvalue weighted by Gasteiger charge is 2.31. The van der Waals surface area contributed by atoms with Gasteiger partial charge in [0.15, 0.2) is 0 Å². The van der Waals surface area contributed by atoms with Crippen molar-refractivity contribution in [1.29, 1.82) is 0 Å². The molecule has 104 valence electrons. The van der Waals surface area contributed by atoms with Crippen molar-refractivity contribution in [2.24, 2.45) is 0 Å². The van der Waals surface area contributed by atoms with Crippen molar-refractivity contribution in [3.05, 3.63) is 35.1 Å². The SMILES string of the molecule is O=C(c1c(F)cc(F)cc1F)N1CCOCC1CO. The molecule has 0 radical (unpaired) electrons. The molecule has 1 saturated heterocycles. The number of halogens is 3. The lowest BCUT2D eigenvalue weighted by Crippen LogP contribution is -2.50. The normalized spacial score (nSPS) is 19.6. The lowest BCUT2D eigenvalue weighted by atomic mass is 10.1. The van der Waals surface area contributed by atoms with Gasteiger partial charge in [0.1, 0.15) is 23.0 Å². The molecule has 0 bridgehead atoms. The number of hydrogen-bond acceptors (Lipinski definition) is 3. The lowest BCUT2D eigenvalue weighted by Gasteiger charge is -2.34. The van der Waals surface area contributed by atoms with Gasteiger partial charge >= 0.3 is 0 Å². The second-order valence-electron chi connectivity index (χ2n) is 4.15. The first-order valence-electron chi connectivity index (χ1n) is 5.68. The zero-order valence-corrected chi connectivity index (χ0v) is 9.91. The van der Waals surface area contributed by atoms with Crippen molar-refractivity contribution in [2.45, 2.75) is 6.04 Å². The first-order valence-corrected chi connectivity index (χ1v) is 5.68. The van der Waals surface area contributed by atoms with E-state index < -0.39 is 35.0 Å². The largest absolute Gasteiger partial charge is 0.394 e. The Balaban J connectivity index is 2.33. The van der Waals surface area contributed by atoms with Crippen LogP contribution in [0.15, 0.2) is 12.1 Å². The average molecular weight is 275 g/mol. The third kappa shape index (κ3) is 2.71. The Morgan fingerprint density at radius 2 is 2.00 bits per heavy atom. The van der Waals surface area contributed by atoms with Gasteiger partial charge in [-0.15, -0.1) is 0 Å². The average Bonchev–Trinajstić information content (AvgIpc) is 2.37. The second kappa shape index (κ2) is 5.58. The Hall–Kier alpha value is -1.60. The number of aliphatic hydroxyl groups excluding tert-OH is 1. The zero-order valence-electron chi connectivity index (χ0n) is 9.91. The van der Waals surface area contributed by atoms with Gasteiger partial charge in [-0.25, -0.2) is 13.2 Å². The molecule has 0 aliphatic carbocycles. The van der Waals surface area contributed by atoms with Crippen molar-refractivity contribution in [2.75, 3.05) is 26.4 Å². The summed E-state index contributed by atoms with van der Waals surface area (Å²) in [4.78, 5) is 13.2. The number of rotatable bonds is 2. The van der Waals surface area contributed by atoms with E-state index in [-0.39, 0.29) is 26.4 Å². The quantitative estimate of drug-likeness (QED) is 0.874. The van der Waals surface area contributed by atoms with Crippen LogP contribution in [-0.2, 0) is 4.74 Å². The molecule has 1 atom stereocenters. The lowest BCUT2D eigenvalue weighted by molar-refractivity contribution is -0.0188. The molecule has 1 amide bonds. The van der Waals surface area contributed by atoms with E-state index in [9.17, 15) is 18.0 Å². The highest BCUT2D eigenvalue weighted by molar-refractivity contribution is 5.95. The summed E-state index contributed by atoms with van der Waals surface area (Å²) in [6.45, 7) is 0.0375. The molecule has 7 heteroatoms. The number of hydrogen-bond donors (Lipinski definition) is 1. The van der Waals surface area contributed by atoms with Crippen LogP contribution in [0.3, 0.4) is 0 Å². The monoisotopic (exact) mass is 275 g/mol. The van der Waals surface area contributed by atoms with Crippen LogP contribution in [-0.4, -0.2) is 48.3 Å². The molecular weight excluding hydrogens is 263 g/mol. The minimum Gasteiger partial charge on any atom is -0.394 e. The third-order valence-electron chi connectivity index (χ3n) is 2.92. The fourth-order valence-electron chi connectivity index (χ4n) is 1.96. The maximum atomic E-state index is 13.5. The van der Waals surface area contributed by atoms with Crippen LogP contribution >= 0.6 is 0 Å². The van der Waals surface area contributed by atoms with E-state index in [2.05, 4.69) is 0 Å². The summed E-state index contributed by atoms with van der Waals surface area (Å²) in [6.07, 6.45) is 0. The van der Waals surface area contributed by atoms with E-state index >= 15 is 0 Å². The van der Waals surface area contributed by atoms with Gasteiger partial charge in [0.2, 0.25) is 0 Å². The Bertz CT molecular complexity index is 472. The van der Waals surface area contributed by atoms with Crippen molar-refractivity contribution >= 4 is 5.91 Å². The predicted octanol–water partition coefficient (Wildman–Crippen LogP) is 0.937. The summed E-state index contributed by atoms with van der Waals surface area (Å²) >= 11 is 0. The molecule has 19 heavy (non-hydrogen) atoms. The fraction of sp³-hybridized carbons (Fsp3) is 0.417. The van der Waals surface area contributed by atoms with Crippen LogP contribution in [0.1, 0.15) is 10.4 Å². The first-order chi connectivity index (χ1) is 9.04. The molecule has 1 fully saturated rings. The van der Waals surface area contributed by atoms with Crippen molar-refractivity contribution < 1.29 is 27.8 Å². The number of nitrogens with zero attached hydrogens (tertiary/aromatic N) is 1. The molecule has 2 rings (SSSR count). The highest BCUT2D eigenvalue weighted by Crippen LogP contribution is 2.19. The molecule has 1 unspecified atom stereocenters. The molecular formula is C12H12F3NO3. The number of ether oxygens (including phenoxy) is 1. The number of aliphatic hydroxyl groups is 1. The minimum atomic E-state index is -1.26. The van der Waals surface area contributed by atoms with E-state index in [0.717, 1.165) is 4.90 Å². The third-order valence-corrected chi connectivity index (χ3v) is 2.92. The molecule has 0 spiro atoms. The molecule has 0 aromatic heterocycles. The van der Waals surface area contributed by atoms with E-state index in [1.807, 2.05) is 0 Å². The molecule has 0 saturated carbocycles. The molecule has 1 aliphatic rings. The number of carbonyl (C=O) groups is 1. The van der Waals surface area contributed by atoms with E-state index in [1.54, 1.807) is 0 Å². The zero-order chi connectivity index (χ0) is 14.0. The molecule has 1 N–H and O–H groups in total. The highest BCUT2D eigenvalue weighted by atomic mass is 19.1. The van der Waals surface area contributed by atoms with Gasteiger partial charge in [0, 0.05) is 18.7 Å². The van der Waals surface area contributed by atoms with Gasteiger partial charge in [-0.3, -0.25) is 4.79 Å². The van der Waals surface area contributed by atoms with Gasteiger partial charge in [-0.2, -0.15) is 0 Å². The topological polar surface area (TPSA) is 49.8 Å². The summed E-state index contributed by atoms with van der Waals surface area (Å²) < 4.78 is 44.9. The van der Waals surface area contributed by atoms with Gasteiger partial charge < -0.3 is 14.7 Å². The maximum Gasteiger partial charge on any atom is 0.260 e. The summed E-state index contributed by atoms with van der Waals surface area (Å²) in [5.41, 5.74) is -0.818. The smallest absolute Gasteiger partial charge is 0.260 e. The Morgan fingerprint density at radius 3 is 2.58 bits per heavy atom. The Morgan fingerprint density at radius 1 is 1.37 bits per heavy atom. The van der Waals surface area contributed by atoms with Crippen molar-refractivity contribution in [3.63, 3.8) is 0 Å². The number of carbonyl (C=O) groups excluding carboxylic acids is 1. The van der Waals surface area contributed by atoms with Gasteiger partial charge in [-0.05, 0) is 0 Å². The van der Waals surface area contributed by atoms with Crippen LogP contribution in [0.25, 0.3) is 0 Å². The Kier molecular flexibility index (Phi) is 4.06. The molecule has 1 aromatic rings. The molecule has 4 nitrogen and oxygen atoms in total. The van der Waals surface area contributed by atoms with Crippen LogP contribution in [0.5, 0.6) is 0 Å². The first kappa shape index (κ1) is 13.8. The van der Waals surface area contributed by atoms with Crippen LogP contribution in [0, 0.1) is 17.5 Å². The van der Waals surface area contributed by atoms with Gasteiger partial charge in [0.25, 0.3) is 5.91 Å².